The number of thiophene rings is 1. The van der Waals surface area contributed by atoms with Crippen LogP contribution in [-0.2, 0) is 0 Å². The Morgan fingerprint density at radius 1 is 1.62 bits per heavy atom. The first kappa shape index (κ1) is 13.4. The Kier molecular flexibility index (Phi) is 6.99. The minimum Gasteiger partial charge on any atom is -0.396 e. The summed E-state index contributed by atoms with van der Waals surface area (Å²) >= 11 is 5.03. The Hall–Kier alpha value is 0.390. The van der Waals surface area contributed by atoms with Crippen LogP contribution in [0.25, 0.3) is 0 Å². The van der Waals surface area contributed by atoms with E-state index in [9.17, 15) is 0 Å². The Morgan fingerprint density at radius 3 is 2.77 bits per heavy atom. The molecule has 0 radical (unpaired) electrons. The fourth-order valence-corrected chi connectivity index (χ4v) is 2.46. The van der Waals surface area contributed by atoms with Crippen LogP contribution in [0.2, 0.25) is 0 Å². The summed E-state index contributed by atoms with van der Waals surface area (Å²) in [5, 5.41) is 10.6. The van der Waals surface area contributed by atoms with Crippen molar-refractivity contribution in [3.63, 3.8) is 0 Å². The van der Waals surface area contributed by atoms with Crippen LogP contribution in [0.5, 0.6) is 0 Å². The number of halogens is 2. The molecule has 0 bridgehead atoms. The number of rotatable bonds is 4. The molecule has 0 fully saturated rings. The molecule has 1 rings (SSSR count). The summed E-state index contributed by atoms with van der Waals surface area (Å²) < 4.78 is 1.09. The van der Waals surface area contributed by atoms with Gasteiger partial charge in [0.2, 0.25) is 0 Å². The highest BCUT2D eigenvalue weighted by atomic mass is 79.9. The second kappa shape index (κ2) is 6.79. The number of hydrogen-bond donors (Lipinski definition) is 2. The summed E-state index contributed by atoms with van der Waals surface area (Å²) in [6, 6.07) is 2.11. The highest BCUT2D eigenvalue weighted by Gasteiger charge is 2.07. The molecule has 0 amide bonds. The van der Waals surface area contributed by atoms with Gasteiger partial charge in [-0.3, -0.25) is 0 Å². The molecule has 0 aromatic carbocycles. The lowest BCUT2D eigenvalue weighted by atomic mass is 10.1. The molecule has 3 N–H and O–H groups in total. The van der Waals surface area contributed by atoms with E-state index in [1.807, 2.05) is 11.4 Å². The van der Waals surface area contributed by atoms with Crippen molar-refractivity contribution >= 4 is 39.7 Å². The third kappa shape index (κ3) is 4.42. The zero-order valence-corrected chi connectivity index (χ0v) is 10.3. The Morgan fingerprint density at radius 2 is 2.31 bits per heavy atom. The molecule has 2 nitrogen and oxygen atoms in total. The maximum Gasteiger partial charge on any atom is 0.0431 e. The molecule has 0 saturated heterocycles. The zero-order chi connectivity index (χ0) is 8.97. The third-order valence-electron chi connectivity index (χ3n) is 1.63. The minimum atomic E-state index is 0. The molecule has 1 atom stereocenters. The lowest BCUT2D eigenvalue weighted by molar-refractivity contribution is 0.280. The van der Waals surface area contributed by atoms with Crippen LogP contribution in [0.3, 0.4) is 0 Å². The van der Waals surface area contributed by atoms with Crippen molar-refractivity contribution in [2.75, 3.05) is 6.61 Å². The van der Waals surface area contributed by atoms with Gasteiger partial charge in [0.15, 0.2) is 0 Å². The van der Waals surface area contributed by atoms with Gasteiger partial charge in [-0.15, -0.1) is 23.7 Å². The lowest BCUT2D eigenvalue weighted by Gasteiger charge is -2.06. The van der Waals surface area contributed by atoms with Crippen LogP contribution in [0.1, 0.15) is 23.8 Å². The molecule has 76 valence electrons. The second-order valence-corrected chi connectivity index (χ2v) is 4.50. The predicted octanol–water partition coefficient (Wildman–Crippen LogP) is 2.70. The SMILES string of the molecule is Cl.N[C@H](CCCO)c1cc(Br)cs1. The van der Waals surface area contributed by atoms with E-state index in [0.717, 1.165) is 17.3 Å². The van der Waals surface area contributed by atoms with Crippen molar-refractivity contribution < 1.29 is 5.11 Å². The van der Waals surface area contributed by atoms with Crippen LogP contribution in [0.4, 0.5) is 0 Å². The van der Waals surface area contributed by atoms with Gasteiger partial charge in [0.25, 0.3) is 0 Å². The van der Waals surface area contributed by atoms with E-state index in [1.165, 1.54) is 4.88 Å². The molecule has 0 aliphatic carbocycles. The smallest absolute Gasteiger partial charge is 0.0431 e. The second-order valence-electron chi connectivity index (χ2n) is 2.64. The van der Waals surface area contributed by atoms with Crippen molar-refractivity contribution in [3.8, 4) is 0 Å². The summed E-state index contributed by atoms with van der Waals surface area (Å²) in [5.41, 5.74) is 5.87. The fraction of sp³-hybridized carbons (Fsp3) is 0.500. The highest BCUT2D eigenvalue weighted by molar-refractivity contribution is 9.10. The van der Waals surface area contributed by atoms with Crippen molar-refractivity contribution in [1.29, 1.82) is 0 Å². The average molecular weight is 287 g/mol. The third-order valence-corrected chi connectivity index (χ3v) is 3.45. The van der Waals surface area contributed by atoms with Gasteiger partial charge in [0, 0.05) is 27.4 Å². The normalized spacial score (nSPS) is 12.2. The monoisotopic (exact) mass is 285 g/mol. The van der Waals surface area contributed by atoms with E-state index in [1.54, 1.807) is 11.3 Å². The molecule has 1 aromatic heterocycles. The Balaban J connectivity index is 0.00000144. The van der Waals surface area contributed by atoms with Crippen LogP contribution in [0, 0.1) is 0 Å². The molecule has 5 heteroatoms. The molecule has 0 aliphatic heterocycles. The molecule has 1 heterocycles. The van der Waals surface area contributed by atoms with Crippen LogP contribution in [-0.4, -0.2) is 11.7 Å². The molecule has 0 aliphatic rings. The van der Waals surface area contributed by atoms with E-state index < -0.39 is 0 Å². The number of nitrogens with two attached hydrogens (primary N) is 1. The van der Waals surface area contributed by atoms with Gasteiger partial charge < -0.3 is 10.8 Å². The van der Waals surface area contributed by atoms with E-state index in [4.69, 9.17) is 10.8 Å². The Labute approximate surface area is 96.7 Å². The molecule has 13 heavy (non-hydrogen) atoms. The maximum atomic E-state index is 8.61. The van der Waals surface area contributed by atoms with Gasteiger partial charge >= 0.3 is 0 Å². The lowest BCUT2D eigenvalue weighted by Crippen LogP contribution is -2.08. The summed E-state index contributed by atoms with van der Waals surface area (Å²) in [7, 11) is 0. The van der Waals surface area contributed by atoms with Gasteiger partial charge in [0.05, 0.1) is 0 Å². The maximum absolute atomic E-state index is 8.61. The molecule has 0 saturated carbocycles. The standard InChI is InChI=1S/C8H12BrNOS.ClH/c9-6-4-8(12-5-6)7(10)2-1-3-11;/h4-5,7,11H,1-3,10H2;1H/t7-;/m1./s1. The number of hydrogen-bond acceptors (Lipinski definition) is 3. The van der Waals surface area contributed by atoms with Crippen LogP contribution < -0.4 is 5.73 Å². The molecule has 0 unspecified atom stereocenters. The quantitative estimate of drug-likeness (QED) is 0.894. The van der Waals surface area contributed by atoms with Gasteiger partial charge in [-0.25, -0.2) is 0 Å². The van der Waals surface area contributed by atoms with E-state index >= 15 is 0 Å². The van der Waals surface area contributed by atoms with E-state index in [0.29, 0.717) is 0 Å². The van der Waals surface area contributed by atoms with Gasteiger partial charge in [-0.2, -0.15) is 0 Å². The molecule has 0 spiro atoms. The largest absolute Gasteiger partial charge is 0.396 e. The van der Waals surface area contributed by atoms with Crippen LogP contribution >= 0.6 is 39.7 Å². The van der Waals surface area contributed by atoms with Crippen molar-refractivity contribution in [2.45, 2.75) is 18.9 Å². The number of aliphatic hydroxyl groups is 1. The summed E-state index contributed by atoms with van der Waals surface area (Å²) in [4.78, 5) is 1.18. The van der Waals surface area contributed by atoms with Crippen LogP contribution in [0.15, 0.2) is 15.9 Å². The van der Waals surface area contributed by atoms with Crippen molar-refractivity contribution in [2.24, 2.45) is 5.73 Å². The Bertz CT molecular complexity index is 244. The van der Waals surface area contributed by atoms with Gasteiger partial charge in [0.1, 0.15) is 0 Å². The zero-order valence-electron chi connectivity index (χ0n) is 7.07. The van der Waals surface area contributed by atoms with Gasteiger partial charge in [-0.1, -0.05) is 0 Å². The molecular weight excluding hydrogens is 274 g/mol. The van der Waals surface area contributed by atoms with E-state index in [-0.39, 0.29) is 25.1 Å². The molecular formula is C8H13BrClNOS. The van der Waals surface area contributed by atoms with Crippen molar-refractivity contribution in [3.05, 3.63) is 20.8 Å². The molecule has 1 aromatic rings. The fourth-order valence-electron chi connectivity index (χ4n) is 0.976. The summed E-state index contributed by atoms with van der Waals surface area (Å²) in [5.74, 6) is 0. The van der Waals surface area contributed by atoms with E-state index in [2.05, 4.69) is 15.9 Å². The topological polar surface area (TPSA) is 46.2 Å². The first-order valence-electron chi connectivity index (χ1n) is 3.84. The summed E-state index contributed by atoms with van der Waals surface area (Å²) in [6.45, 7) is 0.222. The average Bonchev–Trinajstić information content (AvgIpc) is 2.47. The summed E-state index contributed by atoms with van der Waals surface area (Å²) in [6.07, 6.45) is 1.63. The first-order chi connectivity index (χ1) is 5.74. The number of aliphatic hydroxyl groups excluding tert-OH is 1. The first-order valence-corrected chi connectivity index (χ1v) is 5.51. The highest BCUT2D eigenvalue weighted by Crippen LogP contribution is 2.26. The van der Waals surface area contributed by atoms with Crippen molar-refractivity contribution in [1.82, 2.24) is 0 Å². The van der Waals surface area contributed by atoms with Gasteiger partial charge in [-0.05, 0) is 34.8 Å². The minimum absolute atomic E-state index is 0. The predicted molar refractivity (Wildman–Crippen MR) is 62.5 cm³/mol.